The van der Waals surface area contributed by atoms with Gasteiger partial charge >= 0.3 is 0 Å². The number of ether oxygens (including phenoxy) is 3. The van der Waals surface area contributed by atoms with Crippen LogP contribution in [0.25, 0.3) is 11.0 Å². The predicted octanol–water partition coefficient (Wildman–Crippen LogP) is 4.93. The zero-order chi connectivity index (χ0) is 24.1. The van der Waals surface area contributed by atoms with Gasteiger partial charge in [-0.25, -0.2) is 0 Å². The summed E-state index contributed by atoms with van der Waals surface area (Å²) in [6.45, 7) is 4.63. The number of methoxy groups -OCH3 is 2. The molecule has 34 heavy (non-hydrogen) atoms. The van der Waals surface area contributed by atoms with Crippen LogP contribution in [-0.2, 0) is 4.74 Å². The number of fused-ring (bicyclic) bond motifs is 1. The molecule has 1 N–H and O–H groups in total. The molecular formula is C23H28IN5O4S. The fraction of sp³-hybridized carbons (Fsp3) is 0.435. The summed E-state index contributed by atoms with van der Waals surface area (Å²) in [7, 11) is 4.82. The number of carbonyl (C=O) groups excluding carboxylic acids is 1. The molecule has 0 atom stereocenters. The molecule has 0 radical (unpaired) electrons. The average molecular weight is 597 g/mol. The van der Waals surface area contributed by atoms with Gasteiger partial charge in [-0.05, 0) is 49.9 Å². The molecule has 0 aliphatic carbocycles. The van der Waals surface area contributed by atoms with Crippen molar-refractivity contribution in [3.05, 3.63) is 36.0 Å². The van der Waals surface area contributed by atoms with Crippen molar-refractivity contribution in [2.24, 2.45) is 5.92 Å². The third-order valence-electron chi connectivity index (χ3n) is 5.83. The first kappa shape index (κ1) is 24.9. The summed E-state index contributed by atoms with van der Waals surface area (Å²) in [6, 6.07) is 7.33. The van der Waals surface area contributed by atoms with Gasteiger partial charge in [0, 0.05) is 68.9 Å². The standard InChI is InChI=1S/C23H28IN5O4S/c1-4-33-21-17-9-12-29(34-24)20(17)26-23(27-21)25-18-6-5-16(13-19(18)32-3)22(30)28-10-7-15(8-11-28)14-31-2/h5-6,9,12-13,15H,4,7-8,10-11,14H2,1-3H3,(H,25,26,27). The highest BCUT2D eigenvalue weighted by molar-refractivity contribution is 14.2. The monoisotopic (exact) mass is 597 g/mol. The number of aromatic nitrogens is 3. The Hall–Kier alpha value is -2.25. The minimum absolute atomic E-state index is 0.00826. The maximum Gasteiger partial charge on any atom is 0.253 e. The van der Waals surface area contributed by atoms with Gasteiger partial charge in [-0.3, -0.25) is 8.77 Å². The largest absolute Gasteiger partial charge is 0.495 e. The lowest BCUT2D eigenvalue weighted by Crippen LogP contribution is -2.39. The van der Waals surface area contributed by atoms with Crippen LogP contribution in [0, 0.1) is 5.92 Å². The van der Waals surface area contributed by atoms with Crippen LogP contribution in [0.3, 0.4) is 0 Å². The maximum absolute atomic E-state index is 13.1. The zero-order valence-corrected chi connectivity index (χ0v) is 22.4. The highest BCUT2D eigenvalue weighted by Crippen LogP contribution is 2.33. The second-order valence-electron chi connectivity index (χ2n) is 7.96. The molecule has 182 valence electrons. The summed E-state index contributed by atoms with van der Waals surface area (Å²) < 4.78 is 18.5. The molecule has 1 fully saturated rings. The molecule has 0 bridgehead atoms. The van der Waals surface area contributed by atoms with Gasteiger partial charge in [0.05, 0.1) is 24.8 Å². The van der Waals surface area contributed by atoms with Gasteiger partial charge in [-0.2, -0.15) is 9.97 Å². The molecule has 1 aliphatic heterocycles. The van der Waals surface area contributed by atoms with Crippen LogP contribution in [0.4, 0.5) is 11.6 Å². The van der Waals surface area contributed by atoms with Crippen LogP contribution in [-0.4, -0.2) is 65.3 Å². The Bertz CT molecular complexity index is 1150. The van der Waals surface area contributed by atoms with E-state index in [1.807, 2.05) is 34.1 Å². The van der Waals surface area contributed by atoms with Gasteiger partial charge in [0.2, 0.25) is 11.8 Å². The molecule has 11 heteroatoms. The zero-order valence-electron chi connectivity index (χ0n) is 19.4. The Morgan fingerprint density at radius 2 is 2.03 bits per heavy atom. The van der Waals surface area contributed by atoms with Crippen molar-refractivity contribution in [1.29, 1.82) is 0 Å². The molecule has 1 amide bonds. The molecule has 1 aliphatic rings. The molecule has 3 heterocycles. The molecule has 0 spiro atoms. The summed E-state index contributed by atoms with van der Waals surface area (Å²) in [5, 5.41) is 4.08. The van der Waals surface area contributed by atoms with E-state index in [9.17, 15) is 4.79 Å². The van der Waals surface area contributed by atoms with Crippen molar-refractivity contribution < 1.29 is 19.0 Å². The highest BCUT2D eigenvalue weighted by atomic mass is 127. The molecule has 9 nitrogen and oxygen atoms in total. The van der Waals surface area contributed by atoms with Crippen molar-refractivity contribution in [2.75, 3.05) is 45.8 Å². The van der Waals surface area contributed by atoms with E-state index in [-0.39, 0.29) is 5.91 Å². The molecular weight excluding hydrogens is 569 g/mol. The Labute approximate surface area is 215 Å². The molecule has 1 aromatic carbocycles. The summed E-state index contributed by atoms with van der Waals surface area (Å²) in [5.74, 6) is 1.97. The Balaban J connectivity index is 1.55. The Kier molecular flexibility index (Phi) is 8.37. The van der Waals surface area contributed by atoms with Crippen LogP contribution >= 0.6 is 30.3 Å². The average Bonchev–Trinajstić information content (AvgIpc) is 3.28. The minimum atomic E-state index is 0.00826. The van der Waals surface area contributed by atoms with E-state index in [0.717, 1.165) is 43.6 Å². The van der Waals surface area contributed by atoms with Crippen molar-refractivity contribution in [2.45, 2.75) is 19.8 Å². The van der Waals surface area contributed by atoms with Crippen LogP contribution in [0.2, 0.25) is 0 Å². The molecule has 0 saturated carbocycles. The van der Waals surface area contributed by atoms with E-state index in [1.165, 1.54) is 9.12 Å². The molecule has 1 saturated heterocycles. The quantitative estimate of drug-likeness (QED) is 0.348. The van der Waals surface area contributed by atoms with Gasteiger partial charge in [0.1, 0.15) is 5.75 Å². The number of piperidine rings is 1. The fourth-order valence-corrected chi connectivity index (χ4v) is 5.36. The number of nitrogens with one attached hydrogen (secondary N) is 1. The third kappa shape index (κ3) is 5.36. The Morgan fingerprint density at radius 1 is 1.24 bits per heavy atom. The number of hydrogen-bond acceptors (Lipinski definition) is 8. The lowest BCUT2D eigenvalue weighted by molar-refractivity contribution is 0.0613. The molecule has 3 aromatic rings. The second-order valence-corrected chi connectivity index (χ2v) is 9.68. The number of halogens is 1. The smallest absolute Gasteiger partial charge is 0.253 e. The molecule has 2 aromatic heterocycles. The minimum Gasteiger partial charge on any atom is -0.495 e. The van der Waals surface area contributed by atoms with Gasteiger partial charge in [-0.15, -0.1) is 0 Å². The van der Waals surface area contributed by atoms with Crippen LogP contribution in [0.15, 0.2) is 30.5 Å². The normalized spacial score (nSPS) is 14.4. The number of hydrogen-bond donors (Lipinski definition) is 1. The van der Waals surface area contributed by atoms with Crippen LogP contribution < -0.4 is 14.8 Å². The highest BCUT2D eigenvalue weighted by Gasteiger charge is 2.24. The van der Waals surface area contributed by atoms with E-state index >= 15 is 0 Å². The van der Waals surface area contributed by atoms with E-state index in [4.69, 9.17) is 14.2 Å². The maximum atomic E-state index is 13.1. The molecule has 0 unspecified atom stereocenters. The van der Waals surface area contributed by atoms with Crippen molar-refractivity contribution >= 4 is 58.9 Å². The third-order valence-corrected chi connectivity index (χ3v) is 7.55. The van der Waals surface area contributed by atoms with Crippen molar-refractivity contribution in [1.82, 2.24) is 18.8 Å². The van der Waals surface area contributed by atoms with Gasteiger partial charge in [0.25, 0.3) is 5.91 Å². The van der Waals surface area contributed by atoms with Crippen molar-refractivity contribution in [3.8, 4) is 11.6 Å². The van der Waals surface area contributed by atoms with E-state index in [0.29, 0.717) is 41.4 Å². The summed E-state index contributed by atoms with van der Waals surface area (Å²) in [4.78, 5) is 24.2. The second kappa shape index (κ2) is 11.5. The predicted molar refractivity (Wildman–Crippen MR) is 142 cm³/mol. The van der Waals surface area contributed by atoms with E-state index in [1.54, 1.807) is 26.4 Å². The summed E-state index contributed by atoms with van der Waals surface area (Å²) >= 11 is 2.21. The Morgan fingerprint density at radius 3 is 2.71 bits per heavy atom. The number of carbonyl (C=O) groups is 1. The van der Waals surface area contributed by atoms with Gasteiger partial charge in [-0.1, -0.05) is 0 Å². The number of amides is 1. The SMILES string of the molecule is CCOc1nc(Nc2ccc(C(=O)N3CCC(COC)CC3)cc2OC)nc2c1ccn2SI. The number of rotatable bonds is 9. The van der Waals surface area contributed by atoms with Crippen LogP contribution in [0.1, 0.15) is 30.1 Å². The lowest BCUT2D eigenvalue weighted by Gasteiger charge is -2.31. The topological polar surface area (TPSA) is 90.7 Å². The number of nitrogens with zero attached hydrogens (tertiary/aromatic N) is 4. The first-order chi connectivity index (χ1) is 16.6. The number of benzene rings is 1. The number of likely N-dealkylation sites (tertiary alicyclic amines) is 1. The first-order valence-corrected chi connectivity index (χ1v) is 14.4. The molecule has 4 rings (SSSR count). The van der Waals surface area contributed by atoms with Crippen molar-refractivity contribution in [3.63, 3.8) is 0 Å². The first-order valence-electron chi connectivity index (χ1n) is 11.1. The summed E-state index contributed by atoms with van der Waals surface area (Å²) in [6.07, 6.45) is 3.84. The fourth-order valence-electron chi connectivity index (χ4n) is 4.09. The van der Waals surface area contributed by atoms with E-state index < -0.39 is 0 Å². The number of anilines is 2. The van der Waals surface area contributed by atoms with E-state index in [2.05, 4.69) is 36.5 Å². The van der Waals surface area contributed by atoms with Gasteiger partial charge in [0.15, 0.2) is 5.65 Å². The van der Waals surface area contributed by atoms with Gasteiger partial charge < -0.3 is 24.4 Å². The van der Waals surface area contributed by atoms with Crippen LogP contribution in [0.5, 0.6) is 11.6 Å². The summed E-state index contributed by atoms with van der Waals surface area (Å²) in [5.41, 5.74) is 2.01. The lowest BCUT2D eigenvalue weighted by atomic mass is 9.97.